The van der Waals surface area contributed by atoms with Gasteiger partial charge in [-0.25, -0.2) is 9.37 Å². The molecule has 1 aliphatic heterocycles. The molecule has 2 aromatic heterocycles. The molecule has 3 aromatic rings. The third-order valence-corrected chi connectivity index (χ3v) is 6.80. The normalized spacial score (nSPS) is 25.8. The van der Waals surface area contributed by atoms with Gasteiger partial charge in [-0.1, -0.05) is 37.6 Å². The number of likely N-dealkylation sites (tertiary alicyclic amines) is 1. The van der Waals surface area contributed by atoms with Crippen LogP contribution in [0.25, 0.3) is 22.2 Å². The number of nitrogens with one attached hydrogen (secondary N) is 1. The van der Waals surface area contributed by atoms with Crippen molar-refractivity contribution < 1.29 is 9.50 Å². The summed E-state index contributed by atoms with van der Waals surface area (Å²) in [5, 5.41) is 12.7. The van der Waals surface area contributed by atoms with Crippen LogP contribution >= 0.6 is 11.6 Å². The predicted octanol–water partition coefficient (Wildman–Crippen LogP) is 5.21. The number of hydrogen-bond donors (Lipinski definition) is 2. The fourth-order valence-electron chi connectivity index (χ4n) is 4.76. The van der Waals surface area contributed by atoms with E-state index in [9.17, 15) is 9.50 Å². The molecule has 154 valence electrons. The summed E-state index contributed by atoms with van der Waals surface area (Å²) in [5.41, 5.74) is 1.76. The van der Waals surface area contributed by atoms with Crippen molar-refractivity contribution in [2.75, 3.05) is 13.1 Å². The first-order valence-corrected chi connectivity index (χ1v) is 10.5. The first-order chi connectivity index (χ1) is 13.7. The molecule has 1 saturated heterocycles. The van der Waals surface area contributed by atoms with E-state index in [2.05, 4.69) is 42.6 Å². The zero-order valence-corrected chi connectivity index (χ0v) is 18.0. The van der Waals surface area contributed by atoms with Gasteiger partial charge in [-0.05, 0) is 37.1 Å². The van der Waals surface area contributed by atoms with E-state index >= 15 is 0 Å². The lowest BCUT2D eigenvalue weighted by atomic mass is 9.70. The lowest BCUT2D eigenvalue weighted by Crippen LogP contribution is -2.56. The first kappa shape index (κ1) is 20.3. The fraction of sp³-hybridized carbons (Fsp3) is 0.435. The van der Waals surface area contributed by atoms with Gasteiger partial charge in [-0.2, -0.15) is 0 Å². The molecule has 0 bridgehead atoms. The topological polar surface area (TPSA) is 52.1 Å². The smallest absolute Gasteiger partial charge is 0.150 e. The lowest BCUT2D eigenvalue weighted by molar-refractivity contribution is -0.117. The number of fused-ring (bicyclic) bond motifs is 1. The standard InChI is InChI=1S/C23H27ClFN3O/c1-13(2)28-11-14(3)23(29,15(4)12-28)18-6-5-16(9-19(18)24)17-7-8-26-22-21(17)20(25)10-27-22/h5-10,13-15,29H,11-12H2,1-4H3,(H,26,27)/t14-,15+,23?. The number of rotatable bonds is 3. The molecule has 0 amide bonds. The van der Waals surface area contributed by atoms with Gasteiger partial charge in [0.25, 0.3) is 0 Å². The molecule has 2 N–H and O–H groups in total. The summed E-state index contributed by atoms with van der Waals surface area (Å²) in [6, 6.07) is 7.85. The van der Waals surface area contributed by atoms with Crippen molar-refractivity contribution in [3.63, 3.8) is 0 Å². The van der Waals surface area contributed by atoms with Gasteiger partial charge in [0.1, 0.15) is 5.65 Å². The minimum atomic E-state index is -1.01. The molecule has 4 rings (SSSR count). The monoisotopic (exact) mass is 415 g/mol. The van der Waals surface area contributed by atoms with Gasteiger partial charge in [0.05, 0.1) is 11.0 Å². The van der Waals surface area contributed by atoms with Gasteiger partial charge >= 0.3 is 0 Å². The van der Waals surface area contributed by atoms with Crippen molar-refractivity contribution in [1.29, 1.82) is 0 Å². The number of benzene rings is 1. The molecule has 1 aliphatic rings. The Balaban J connectivity index is 1.75. The van der Waals surface area contributed by atoms with E-state index in [4.69, 9.17) is 11.6 Å². The van der Waals surface area contributed by atoms with Crippen LogP contribution in [0.5, 0.6) is 0 Å². The third kappa shape index (κ3) is 3.25. The highest BCUT2D eigenvalue weighted by atomic mass is 35.5. The number of pyridine rings is 1. The molecule has 0 saturated carbocycles. The van der Waals surface area contributed by atoms with Gasteiger partial charge < -0.3 is 15.0 Å². The molecular formula is C23H27ClFN3O. The van der Waals surface area contributed by atoms with Crippen LogP contribution in [-0.4, -0.2) is 39.1 Å². The molecular weight excluding hydrogens is 389 g/mol. The number of aliphatic hydroxyl groups is 1. The summed E-state index contributed by atoms with van der Waals surface area (Å²) in [6.07, 6.45) is 2.96. The summed E-state index contributed by atoms with van der Waals surface area (Å²) >= 11 is 6.71. The Labute approximate surface area is 175 Å². The van der Waals surface area contributed by atoms with Crippen molar-refractivity contribution in [1.82, 2.24) is 14.9 Å². The Morgan fingerprint density at radius 3 is 2.55 bits per heavy atom. The molecule has 1 fully saturated rings. The maximum Gasteiger partial charge on any atom is 0.150 e. The van der Waals surface area contributed by atoms with Gasteiger partial charge in [0.2, 0.25) is 0 Å². The Kier molecular flexibility index (Phi) is 5.18. The highest BCUT2D eigenvalue weighted by Gasteiger charge is 2.47. The Morgan fingerprint density at radius 1 is 1.24 bits per heavy atom. The molecule has 0 aliphatic carbocycles. The first-order valence-electron chi connectivity index (χ1n) is 10.1. The predicted molar refractivity (Wildman–Crippen MR) is 115 cm³/mol. The quantitative estimate of drug-likeness (QED) is 0.617. The molecule has 3 atom stereocenters. The summed E-state index contributed by atoms with van der Waals surface area (Å²) in [5.74, 6) is -0.274. The summed E-state index contributed by atoms with van der Waals surface area (Å²) in [4.78, 5) is 9.42. The Hall–Kier alpha value is -1.95. The van der Waals surface area contributed by atoms with Crippen LogP contribution in [0, 0.1) is 17.7 Å². The molecule has 29 heavy (non-hydrogen) atoms. The van der Waals surface area contributed by atoms with E-state index in [-0.39, 0.29) is 17.7 Å². The fourth-order valence-corrected chi connectivity index (χ4v) is 5.09. The second-order valence-corrected chi connectivity index (χ2v) is 9.00. The summed E-state index contributed by atoms with van der Waals surface area (Å²) < 4.78 is 14.3. The molecule has 3 heterocycles. The lowest BCUT2D eigenvalue weighted by Gasteiger charge is -2.49. The van der Waals surface area contributed by atoms with E-state index in [1.165, 1.54) is 6.20 Å². The molecule has 1 aromatic carbocycles. The van der Waals surface area contributed by atoms with Crippen molar-refractivity contribution in [3.8, 4) is 11.1 Å². The van der Waals surface area contributed by atoms with Gasteiger partial charge in [-0.3, -0.25) is 0 Å². The zero-order valence-electron chi connectivity index (χ0n) is 17.2. The van der Waals surface area contributed by atoms with Crippen LogP contribution < -0.4 is 0 Å². The average molecular weight is 416 g/mol. The highest BCUT2D eigenvalue weighted by molar-refractivity contribution is 6.31. The minimum absolute atomic E-state index is 0.0340. The van der Waals surface area contributed by atoms with Crippen molar-refractivity contribution in [2.45, 2.75) is 39.3 Å². The molecule has 4 nitrogen and oxygen atoms in total. The maximum absolute atomic E-state index is 14.3. The molecule has 1 unspecified atom stereocenters. The SMILES string of the molecule is CC(C)N1C[C@@H](C)C(O)(c2ccc(-c3ccnc4[nH]cc(F)c34)cc2Cl)[C@@H](C)C1. The number of H-pyrrole nitrogens is 1. The van der Waals surface area contributed by atoms with Crippen molar-refractivity contribution in [3.05, 3.63) is 53.1 Å². The van der Waals surface area contributed by atoms with Gasteiger partial charge in [0.15, 0.2) is 5.82 Å². The van der Waals surface area contributed by atoms with E-state index in [0.717, 1.165) is 29.8 Å². The van der Waals surface area contributed by atoms with E-state index in [1.807, 2.05) is 18.2 Å². The van der Waals surface area contributed by atoms with Crippen LogP contribution in [0.15, 0.2) is 36.7 Å². The van der Waals surface area contributed by atoms with Crippen molar-refractivity contribution >= 4 is 22.6 Å². The Morgan fingerprint density at radius 2 is 1.93 bits per heavy atom. The van der Waals surface area contributed by atoms with E-state index in [1.54, 1.807) is 12.3 Å². The number of aromatic nitrogens is 2. The second kappa shape index (κ2) is 7.38. The Bertz CT molecular complexity index is 1040. The van der Waals surface area contributed by atoms with Crippen molar-refractivity contribution in [2.24, 2.45) is 11.8 Å². The summed E-state index contributed by atoms with van der Waals surface area (Å²) in [7, 11) is 0. The van der Waals surface area contributed by atoms with E-state index < -0.39 is 5.60 Å². The van der Waals surface area contributed by atoms with Crippen LogP contribution in [0.1, 0.15) is 33.3 Å². The maximum atomic E-state index is 14.3. The van der Waals surface area contributed by atoms with Gasteiger partial charge in [-0.15, -0.1) is 0 Å². The zero-order chi connectivity index (χ0) is 20.9. The van der Waals surface area contributed by atoms with Crippen LogP contribution in [0.4, 0.5) is 4.39 Å². The van der Waals surface area contributed by atoms with Crippen LogP contribution in [-0.2, 0) is 5.60 Å². The molecule has 0 spiro atoms. The third-order valence-electron chi connectivity index (χ3n) is 6.49. The number of hydrogen-bond acceptors (Lipinski definition) is 3. The number of halogens is 2. The number of aromatic amines is 1. The minimum Gasteiger partial charge on any atom is -0.384 e. The molecule has 0 radical (unpaired) electrons. The van der Waals surface area contributed by atoms with E-state index in [0.29, 0.717) is 22.1 Å². The average Bonchev–Trinajstić information content (AvgIpc) is 3.06. The molecule has 6 heteroatoms. The number of piperidine rings is 1. The second-order valence-electron chi connectivity index (χ2n) is 8.59. The summed E-state index contributed by atoms with van der Waals surface area (Å²) in [6.45, 7) is 10.2. The highest BCUT2D eigenvalue weighted by Crippen LogP contribution is 2.45. The number of nitrogens with zero attached hydrogens (tertiary/aromatic N) is 2. The van der Waals surface area contributed by atoms with Gasteiger partial charge in [0, 0.05) is 53.9 Å². The van der Waals surface area contributed by atoms with Crippen LogP contribution in [0.3, 0.4) is 0 Å². The largest absolute Gasteiger partial charge is 0.384 e. The van der Waals surface area contributed by atoms with Crippen LogP contribution in [0.2, 0.25) is 5.02 Å².